The zero-order valence-corrected chi connectivity index (χ0v) is 14.5. The summed E-state index contributed by atoms with van der Waals surface area (Å²) in [6.45, 7) is 7.94. The molecular formula is C16H28N2O2S. The van der Waals surface area contributed by atoms with Crippen molar-refractivity contribution in [1.82, 2.24) is 9.03 Å². The van der Waals surface area contributed by atoms with Gasteiger partial charge in [-0.05, 0) is 25.3 Å². The highest BCUT2D eigenvalue weighted by Gasteiger charge is 2.28. The first-order valence-corrected chi connectivity index (χ1v) is 9.07. The number of nitrogens with zero attached hydrogens (tertiary/aromatic N) is 1. The van der Waals surface area contributed by atoms with Gasteiger partial charge in [0.2, 0.25) is 0 Å². The van der Waals surface area contributed by atoms with Crippen LogP contribution >= 0.6 is 0 Å². The van der Waals surface area contributed by atoms with Crippen molar-refractivity contribution in [3.8, 4) is 0 Å². The minimum atomic E-state index is -3.49. The van der Waals surface area contributed by atoms with E-state index in [4.69, 9.17) is 0 Å². The summed E-state index contributed by atoms with van der Waals surface area (Å²) < 4.78 is 29.3. The molecule has 5 heteroatoms. The molecule has 21 heavy (non-hydrogen) atoms. The summed E-state index contributed by atoms with van der Waals surface area (Å²) in [5.41, 5.74) is 1.02. The molecule has 1 aromatic carbocycles. The molecule has 0 bridgehead atoms. The van der Waals surface area contributed by atoms with Gasteiger partial charge in [0, 0.05) is 13.1 Å². The molecule has 0 spiro atoms. The topological polar surface area (TPSA) is 49.4 Å². The van der Waals surface area contributed by atoms with Gasteiger partial charge in [-0.1, -0.05) is 57.0 Å². The van der Waals surface area contributed by atoms with E-state index >= 15 is 0 Å². The number of benzene rings is 1. The number of nitrogens with one attached hydrogen (secondary N) is 1. The third-order valence-corrected chi connectivity index (χ3v) is 5.79. The van der Waals surface area contributed by atoms with Crippen LogP contribution in [-0.4, -0.2) is 25.8 Å². The monoisotopic (exact) mass is 312 g/mol. The standard InChI is InChI=1S/C16H28N2O2S/c1-6-14(7-2)16(15-11-9-8-10-12-15)17-21(19,20)18(5)13(3)4/h8-14,16-17H,6-7H2,1-5H3. The fraction of sp³-hybridized carbons (Fsp3) is 0.625. The Bertz CT molecular complexity index is 510. The molecule has 1 unspecified atom stereocenters. The fourth-order valence-corrected chi connectivity index (χ4v) is 3.75. The van der Waals surface area contributed by atoms with Crippen molar-refractivity contribution in [2.24, 2.45) is 5.92 Å². The Kier molecular flexibility index (Phi) is 6.84. The summed E-state index contributed by atoms with van der Waals surface area (Å²) in [6.07, 6.45) is 1.87. The lowest BCUT2D eigenvalue weighted by Crippen LogP contribution is -2.44. The second-order valence-corrected chi connectivity index (χ2v) is 7.46. The highest BCUT2D eigenvalue weighted by molar-refractivity contribution is 7.87. The summed E-state index contributed by atoms with van der Waals surface area (Å²) in [5, 5.41) is 0. The van der Waals surface area contributed by atoms with Crippen LogP contribution in [0.4, 0.5) is 0 Å². The third-order valence-electron chi connectivity index (χ3n) is 4.06. The average Bonchev–Trinajstić information content (AvgIpc) is 2.47. The van der Waals surface area contributed by atoms with Crippen LogP contribution in [0, 0.1) is 5.92 Å². The predicted molar refractivity (Wildman–Crippen MR) is 88.2 cm³/mol. The normalized spacial score (nSPS) is 14.1. The molecule has 1 aromatic rings. The lowest BCUT2D eigenvalue weighted by atomic mass is 9.90. The molecule has 0 fully saturated rings. The van der Waals surface area contributed by atoms with Crippen LogP contribution in [0.1, 0.15) is 52.1 Å². The third kappa shape index (κ3) is 4.80. The van der Waals surface area contributed by atoms with E-state index in [0.29, 0.717) is 0 Å². The minimum Gasteiger partial charge on any atom is -0.195 e. The number of rotatable bonds is 8. The molecule has 1 atom stereocenters. The quantitative estimate of drug-likeness (QED) is 0.800. The number of hydrogen-bond acceptors (Lipinski definition) is 2. The van der Waals surface area contributed by atoms with Gasteiger partial charge in [-0.3, -0.25) is 0 Å². The van der Waals surface area contributed by atoms with E-state index in [2.05, 4.69) is 18.6 Å². The van der Waals surface area contributed by atoms with Crippen LogP contribution in [0.25, 0.3) is 0 Å². The maximum Gasteiger partial charge on any atom is 0.279 e. The molecular weight excluding hydrogens is 284 g/mol. The van der Waals surface area contributed by atoms with E-state index < -0.39 is 10.2 Å². The molecule has 0 aromatic heterocycles. The Morgan fingerprint density at radius 2 is 1.62 bits per heavy atom. The smallest absolute Gasteiger partial charge is 0.195 e. The Morgan fingerprint density at radius 1 is 1.10 bits per heavy atom. The predicted octanol–water partition coefficient (Wildman–Crippen LogP) is 3.34. The summed E-state index contributed by atoms with van der Waals surface area (Å²) >= 11 is 0. The zero-order chi connectivity index (χ0) is 16.0. The van der Waals surface area contributed by atoms with Gasteiger partial charge >= 0.3 is 0 Å². The molecule has 0 saturated heterocycles. The molecule has 1 N–H and O–H groups in total. The highest BCUT2D eigenvalue weighted by Crippen LogP contribution is 2.28. The molecule has 0 radical (unpaired) electrons. The van der Waals surface area contributed by atoms with Crippen LogP contribution in [0.15, 0.2) is 30.3 Å². The fourth-order valence-electron chi connectivity index (χ4n) is 2.38. The van der Waals surface area contributed by atoms with Gasteiger partial charge in [0.05, 0.1) is 6.04 Å². The first-order valence-electron chi connectivity index (χ1n) is 7.63. The van der Waals surface area contributed by atoms with E-state index in [1.807, 2.05) is 44.2 Å². The first kappa shape index (κ1) is 18.1. The van der Waals surface area contributed by atoms with E-state index in [9.17, 15) is 8.42 Å². The van der Waals surface area contributed by atoms with Gasteiger partial charge in [0.15, 0.2) is 0 Å². The maximum atomic E-state index is 12.5. The molecule has 0 aliphatic rings. The van der Waals surface area contributed by atoms with Gasteiger partial charge in [-0.25, -0.2) is 0 Å². The van der Waals surface area contributed by atoms with Crippen LogP contribution in [0.3, 0.4) is 0 Å². The first-order chi connectivity index (χ1) is 9.83. The van der Waals surface area contributed by atoms with Crippen molar-refractivity contribution < 1.29 is 8.42 Å². The Morgan fingerprint density at radius 3 is 2.05 bits per heavy atom. The zero-order valence-electron chi connectivity index (χ0n) is 13.7. The van der Waals surface area contributed by atoms with Crippen molar-refractivity contribution in [2.75, 3.05) is 7.05 Å². The second kappa shape index (κ2) is 7.92. The van der Waals surface area contributed by atoms with Crippen molar-refractivity contribution in [1.29, 1.82) is 0 Å². The number of hydrogen-bond donors (Lipinski definition) is 1. The largest absolute Gasteiger partial charge is 0.279 e. The van der Waals surface area contributed by atoms with E-state index in [0.717, 1.165) is 18.4 Å². The summed E-state index contributed by atoms with van der Waals surface area (Å²) in [5.74, 6) is 0.280. The molecule has 0 aliphatic heterocycles. The second-order valence-electron chi connectivity index (χ2n) is 5.70. The minimum absolute atomic E-state index is 0.0689. The van der Waals surface area contributed by atoms with Crippen molar-refractivity contribution in [3.05, 3.63) is 35.9 Å². The highest BCUT2D eigenvalue weighted by atomic mass is 32.2. The lowest BCUT2D eigenvalue weighted by Gasteiger charge is -2.30. The molecule has 120 valence electrons. The molecule has 4 nitrogen and oxygen atoms in total. The molecule has 0 aliphatic carbocycles. The lowest BCUT2D eigenvalue weighted by molar-refractivity contribution is 0.351. The van der Waals surface area contributed by atoms with Gasteiger partial charge in [0.25, 0.3) is 10.2 Å². The van der Waals surface area contributed by atoms with Crippen LogP contribution in [0.2, 0.25) is 0 Å². The van der Waals surface area contributed by atoms with Gasteiger partial charge in [-0.15, -0.1) is 0 Å². The summed E-state index contributed by atoms with van der Waals surface area (Å²) in [7, 11) is -1.88. The van der Waals surface area contributed by atoms with Gasteiger partial charge in [-0.2, -0.15) is 17.4 Å². The SMILES string of the molecule is CCC(CC)C(NS(=O)(=O)N(C)C(C)C)c1ccccc1. The van der Waals surface area contributed by atoms with E-state index in [1.165, 1.54) is 4.31 Å². The van der Waals surface area contributed by atoms with E-state index in [1.54, 1.807) is 7.05 Å². The van der Waals surface area contributed by atoms with E-state index in [-0.39, 0.29) is 18.0 Å². The van der Waals surface area contributed by atoms with Crippen LogP contribution in [0.5, 0.6) is 0 Å². The Balaban J connectivity index is 3.09. The average molecular weight is 312 g/mol. The molecule has 1 rings (SSSR count). The van der Waals surface area contributed by atoms with Crippen LogP contribution in [-0.2, 0) is 10.2 Å². The van der Waals surface area contributed by atoms with Gasteiger partial charge < -0.3 is 0 Å². The van der Waals surface area contributed by atoms with Crippen molar-refractivity contribution in [3.63, 3.8) is 0 Å². The van der Waals surface area contributed by atoms with Gasteiger partial charge in [0.1, 0.15) is 0 Å². The Labute approximate surface area is 129 Å². The molecule has 0 heterocycles. The molecule has 0 saturated carbocycles. The summed E-state index contributed by atoms with van der Waals surface area (Å²) in [4.78, 5) is 0. The summed E-state index contributed by atoms with van der Waals surface area (Å²) in [6, 6.07) is 9.56. The maximum absolute atomic E-state index is 12.5. The van der Waals surface area contributed by atoms with Crippen molar-refractivity contribution >= 4 is 10.2 Å². The van der Waals surface area contributed by atoms with Crippen molar-refractivity contribution in [2.45, 2.75) is 52.6 Å². The Hall–Kier alpha value is -0.910. The molecule has 0 amide bonds. The van der Waals surface area contributed by atoms with Crippen LogP contribution < -0.4 is 4.72 Å².